The number of carbonyl (C=O) groups excluding carboxylic acids is 3. The summed E-state index contributed by atoms with van der Waals surface area (Å²) in [5.41, 5.74) is 0.402. The minimum atomic E-state index is -0.909. The first-order valence-corrected chi connectivity index (χ1v) is 8.31. The van der Waals surface area contributed by atoms with Gasteiger partial charge in [-0.3, -0.25) is 14.4 Å². The smallest absolute Gasteiger partial charge is 0.326 e. The van der Waals surface area contributed by atoms with Crippen molar-refractivity contribution in [1.29, 1.82) is 0 Å². The van der Waals surface area contributed by atoms with Gasteiger partial charge in [0.2, 0.25) is 0 Å². The Kier molecular flexibility index (Phi) is 8.46. The molecule has 0 aromatic heterocycles. The quantitative estimate of drug-likeness (QED) is 0.659. The van der Waals surface area contributed by atoms with Crippen LogP contribution in [0.15, 0.2) is 24.3 Å². The summed E-state index contributed by atoms with van der Waals surface area (Å²) < 4.78 is 10.3. The van der Waals surface area contributed by atoms with Gasteiger partial charge in [-0.05, 0) is 44.0 Å². The summed E-state index contributed by atoms with van der Waals surface area (Å²) in [5, 5.41) is 5.14. The van der Waals surface area contributed by atoms with Gasteiger partial charge in [-0.15, -0.1) is 0 Å². The molecular formula is C18H26N2O5. The van der Waals surface area contributed by atoms with Crippen LogP contribution in [0.1, 0.15) is 38.1 Å². The molecule has 0 spiro atoms. The maximum atomic E-state index is 12.0. The van der Waals surface area contributed by atoms with Gasteiger partial charge in [0, 0.05) is 12.1 Å². The Morgan fingerprint density at radius 3 is 2.24 bits per heavy atom. The minimum absolute atomic E-state index is 0.306. The van der Waals surface area contributed by atoms with Crippen molar-refractivity contribution in [3.05, 3.63) is 29.8 Å². The number of nitrogens with one attached hydrogen (secondary N) is 2. The van der Waals surface area contributed by atoms with Crippen LogP contribution < -0.4 is 15.4 Å². The van der Waals surface area contributed by atoms with E-state index in [1.165, 1.54) is 6.92 Å². The van der Waals surface area contributed by atoms with E-state index in [-0.39, 0.29) is 12.5 Å². The van der Waals surface area contributed by atoms with Crippen LogP contribution >= 0.6 is 0 Å². The van der Waals surface area contributed by atoms with Gasteiger partial charge in [-0.25, -0.2) is 0 Å². The van der Waals surface area contributed by atoms with Crippen molar-refractivity contribution in [1.82, 2.24) is 10.6 Å². The van der Waals surface area contributed by atoms with E-state index < -0.39 is 18.0 Å². The molecule has 1 atom stereocenters. The zero-order valence-electron chi connectivity index (χ0n) is 15.1. The van der Waals surface area contributed by atoms with Crippen LogP contribution in [0.2, 0.25) is 0 Å². The summed E-state index contributed by atoms with van der Waals surface area (Å²) in [4.78, 5) is 35.5. The van der Waals surface area contributed by atoms with Crippen molar-refractivity contribution in [3.63, 3.8) is 0 Å². The van der Waals surface area contributed by atoms with Gasteiger partial charge >= 0.3 is 5.97 Å². The molecule has 0 fully saturated rings. The second-order valence-corrected chi connectivity index (χ2v) is 5.91. The van der Waals surface area contributed by atoms with E-state index >= 15 is 0 Å². The molecule has 2 amide bonds. The van der Waals surface area contributed by atoms with E-state index in [9.17, 15) is 14.4 Å². The molecule has 0 aliphatic carbocycles. The Morgan fingerprint density at radius 2 is 1.68 bits per heavy atom. The molecule has 1 aromatic carbocycles. The predicted molar refractivity (Wildman–Crippen MR) is 93.3 cm³/mol. The van der Waals surface area contributed by atoms with Crippen LogP contribution in [-0.4, -0.2) is 43.6 Å². The Morgan fingerprint density at radius 1 is 1.04 bits per heavy atom. The maximum Gasteiger partial charge on any atom is 0.326 e. The zero-order valence-corrected chi connectivity index (χ0v) is 15.1. The average Bonchev–Trinajstić information content (AvgIpc) is 2.58. The molecule has 0 bridgehead atoms. The van der Waals surface area contributed by atoms with E-state index in [1.54, 1.807) is 24.3 Å². The van der Waals surface area contributed by atoms with Gasteiger partial charge in [-0.2, -0.15) is 0 Å². The van der Waals surface area contributed by atoms with Crippen LogP contribution in [0.25, 0.3) is 0 Å². The SMILES string of the molecule is CCOc1ccc(C(=O)NCC(=O)O[C@H](C)C(=O)NCC(C)C)cc1. The molecule has 0 radical (unpaired) electrons. The van der Waals surface area contributed by atoms with Gasteiger partial charge in [0.15, 0.2) is 6.10 Å². The molecule has 0 saturated carbocycles. The van der Waals surface area contributed by atoms with Crippen molar-refractivity contribution in [2.24, 2.45) is 5.92 Å². The van der Waals surface area contributed by atoms with Crippen LogP contribution in [0.5, 0.6) is 5.75 Å². The number of carbonyl (C=O) groups is 3. The summed E-state index contributed by atoms with van der Waals surface area (Å²) in [5.74, 6) is -0.469. The lowest BCUT2D eigenvalue weighted by Crippen LogP contribution is -2.39. The molecule has 25 heavy (non-hydrogen) atoms. The molecule has 7 heteroatoms. The molecule has 0 aliphatic heterocycles. The summed E-state index contributed by atoms with van der Waals surface area (Å²) in [6.07, 6.45) is -0.909. The van der Waals surface area contributed by atoms with Crippen LogP contribution in [0.3, 0.4) is 0 Å². The predicted octanol–water partition coefficient (Wildman–Crippen LogP) is 1.52. The third-order valence-electron chi connectivity index (χ3n) is 3.18. The summed E-state index contributed by atoms with van der Waals surface area (Å²) in [6, 6.07) is 6.57. The van der Waals surface area contributed by atoms with Crippen LogP contribution in [0, 0.1) is 5.92 Å². The van der Waals surface area contributed by atoms with Crippen molar-refractivity contribution < 1.29 is 23.9 Å². The molecule has 7 nitrogen and oxygen atoms in total. The number of esters is 1. The molecule has 138 valence electrons. The third kappa shape index (κ3) is 7.69. The minimum Gasteiger partial charge on any atom is -0.494 e. The van der Waals surface area contributed by atoms with Crippen molar-refractivity contribution in [3.8, 4) is 5.75 Å². The van der Waals surface area contributed by atoms with E-state index in [0.717, 1.165) is 0 Å². The number of ether oxygens (including phenoxy) is 2. The average molecular weight is 350 g/mol. The van der Waals surface area contributed by atoms with E-state index in [1.807, 2.05) is 20.8 Å². The normalized spacial score (nSPS) is 11.6. The van der Waals surface area contributed by atoms with Gasteiger partial charge in [-0.1, -0.05) is 13.8 Å². The maximum absolute atomic E-state index is 12.0. The number of benzene rings is 1. The lowest BCUT2D eigenvalue weighted by Gasteiger charge is -2.14. The molecule has 0 saturated heterocycles. The Balaban J connectivity index is 2.39. The zero-order chi connectivity index (χ0) is 18.8. The summed E-state index contributed by atoms with van der Waals surface area (Å²) in [7, 11) is 0. The topological polar surface area (TPSA) is 93.7 Å². The lowest BCUT2D eigenvalue weighted by molar-refractivity contribution is -0.153. The second kappa shape index (κ2) is 10.3. The van der Waals surface area contributed by atoms with Crippen molar-refractivity contribution in [2.75, 3.05) is 19.7 Å². The highest BCUT2D eigenvalue weighted by molar-refractivity contribution is 5.96. The van der Waals surface area contributed by atoms with E-state index in [0.29, 0.717) is 30.4 Å². The third-order valence-corrected chi connectivity index (χ3v) is 3.18. The summed E-state index contributed by atoms with van der Waals surface area (Å²) in [6.45, 7) is 8.03. The first kappa shape index (κ1) is 20.5. The Bertz CT molecular complexity index is 584. The van der Waals surface area contributed by atoms with Gasteiger partial charge in [0.1, 0.15) is 12.3 Å². The molecule has 1 aromatic rings. The molecule has 0 aliphatic rings. The van der Waals surface area contributed by atoms with E-state index in [2.05, 4.69) is 10.6 Å². The second-order valence-electron chi connectivity index (χ2n) is 5.91. The highest BCUT2D eigenvalue weighted by atomic mass is 16.5. The van der Waals surface area contributed by atoms with Crippen LogP contribution in [0.4, 0.5) is 0 Å². The number of rotatable bonds is 9. The molecule has 0 heterocycles. The molecular weight excluding hydrogens is 324 g/mol. The molecule has 0 unspecified atom stereocenters. The molecule has 2 N–H and O–H groups in total. The van der Waals surface area contributed by atoms with Gasteiger partial charge in [0.25, 0.3) is 11.8 Å². The van der Waals surface area contributed by atoms with Gasteiger partial charge in [0.05, 0.1) is 6.61 Å². The van der Waals surface area contributed by atoms with Crippen molar-refractivity contribution in [2.45, 2.75) is 33.8 Å². The monoisotopic (exact) mass is 350 g/mol. The number of amides is 2. The lowest BCUT2D eigenvalue weighted by atomic mass is 10.2. The number of hydrogen-bond donors (Lipinski definition) is 2. The fraction of sp³-hybridized carbons (Fsp3) is 0.500. The summed E-state index contributed by atoms with van der Waals surface area (Å²) >= 11 is 0. The largest absolute Gasteiger partial charge is 0.494 e. The first-order valence-electron chi connectivity index (χ1n) is 8.31. The fourth-order valence-electron chi connectivity index (χ4n) is 1.86. The van der Waals surface area contributed by atoms with Crippen LogP contribution in [-0.2, 0) is 14.3 Å². The highest BCUT2D eigenvalue weighted by Gasteiger charge is 2.18. The van der Waals surface area contributed by atoms with Crippen molar-refractivity contribution >= 4 is 17.8 Å². The standard InChI is InChI=1S/C18H26N2O5/c1-5-24-15-8-6-14(7-9-15)18(23)20-11-16(21)25-13(4)17(22)19-10-12(2)3/h6-9,12-13H,5,10-11H2,1-4H3,(H,19,22)(H,20,23)/t13-/m1/s1. The fourth-order valence-corrected chi connectivity index (χ4v) is 1.86. The molecule has 1 rings (SSSR count). The number of hydrogen-bond acceptors (Lipinski definition) is 5. The Labute approximate surface area is 148 Å². The first-order chi connectivity index (χ1) is 11.8. The highest BCUT2D eigenvalue weighted by Crippen LogP contribution is 2.11. The van der Waals surface area contributed by atoms with E-state index in [4.69, 9.17) is 9.47 Å². The van der Waals surface area contributed by atoms with Gasteiger partial charge < -0.3 is 20.1 Å². The Hall–Kier alpha value is -2.57.